The molecule has 4 heteroatoms. The number of halogens is 1. The maximum Gasteiger partial charge on any atom is 0.336 e. The minimum atomic E-state index is -0.924. The molecule has 0 spiro atoms. The number of carbonyl (C=O) groups is 1. The van der Waals surface area contributed by atoms with Gasteiger partial charge in [-0.2, -0.15) is 0 Å². The van der Waals surface area contributed by atoms with Gasteiger partial charge >= 0.3 is 5.97 Å². The number of aromatic nitrogens is 1. The molecule has 0 saturated carbocycles. The first kappa shape index (κ1) is 14.7. The van der Waals surface area contributed by atoms with Gasteiger partial charge in [0.15, 0.2) is 0 Å². The highest BCUT2D eigenvalue weighted by atomic mass is 79.9. The van der Waals surface area contributed by atoms with Crippen LogP contribution in [0.1, 0.15) is 21.5 Å². The van der Waals surface area contributed by atoms with Crippen molar-refractivity contribution in [3.63, 3.8) is 0 Å². The Bertz CT molecular complexity index is 903. The van der Waals surface area contributed by atoms with Crippen LogP contribution in [0.25, 0.3) is 22.2 Å². The van der Waals surface area contributed by atoms with Crippen molar-refractivity contribution in [3.8, 4) is 11.3 Å². The van der Waals surface area contributed by atoms with Crippen LogP contribution in [0.2, 0.25) is 0 Å². The standard InChI is InChI=1S/C18H14BrNO2/c1-10-6-7-15-14(8-10)16(18(21)22)11(2)17(20-15)12-4-3-5-13(19)9-12/h3-9H,1-2H3,(H,21,22). The van der Waals surface area contributed by atoms with E-state index in [9.17, 15) is 9.90 Å². The number of carboxylic acids is 1. The van der Waals surface area contributed by atoms with Gasteiger partial charge in [0, 0.05) is 15.4 Å². The summed E-state index contributed by atoms with van der Waals surface area (Å²) in [4.78, 5) is 16.4. The van der Waals surface area contributed by atoms with Crippen molar-refractivity contribution in [2.24, 2.45) is 0 Å². The highest BCUT2D eigenvalue weighted by molar-refractivity contribution is 9.10. The van der Waals surface area contributed by atoms with Gasteiger partial charge in [0.1, 0.15) is 0 Å². The first-order chi connectivity index (χ1) is 10.5. The molecule has 22 heavy (non-hydrogen) atoms. The molecule has 3 aromatic rings. The second-order valence-electron chi connectivity index (χ2n) is 5.30. The van der Waals surface area contributed by atoms with Gasteiger partial charge in [0.2, 0.25) is 0 Å². The summed E-state index contributed by atoms with van der Waals surface area (Å²) in [6.45, 7) is 3.76. The smallest absolute Gasteiger partial charge is 0.336 e. The largest absolute Gasteiger partial charge is 0.478 e. The molecular weight excluding hydrogens is 342 g/mol. The monoisotopic (exact) mass is 355 g/mol. The van der Waals surface area contributed by atoms with Crippen molar-refractivity contribution in [2.45, 2.75) is 13.8 Å². The van der Waals surface area contributed by atoms with E-state index < -0.39 is 5.97 Å². The highest BCUT2D eigenvalue weighted by Gasteiger charge is 2.18. The Kier molecular flexibility index (Phi) is 3.71. The van der Waals surface area contributed by atoms with E-state index in [4.69, 9.17) is 0 Å². The van der Waals surface area contributed by atoms with Crippen LogP contribution < -0.4 is 0 Å². The summed E-state index contributed by atoms with van der Waals surface area (Å²) in [6.07, 6.45) is 0. The lowest BCUT2D eigenvalue weighted by Gasteiger charge is -2.12. The lowest BCUT2D eigenvalue weighted by Crippen LogP contribution is -2.05. The Balaban J connectivity index is 2.40. The fourth-order valence-electron chi connectivity index (χ4n) is 2.66. The molecule has 1 N–H and O–H groups in total. The molecule has 110 valence electrons. The molecule has 0 radical (unpaired) electrons. The third-order valence-corrected chi connectivity index (χ3v) is 4.19. The minimum absolute atomic E-state index is 0.323. The highest BCUT2D eigenvalue weighted by Crippen LogP contribution is 2.31. The van der Waals surface area contributed by atoms with E-state index in [1.54, 1.807) is 0 Å². The molecule has 0 unspecified atom stereocenters. The first-order valence-corrected chi connectivity index (χ1v) is 7.67. The van der Waals surface area contributed by atoms with Gasteiger partial charge in [-0.25, -0.2) is 9.78 Å². The van der Waals surface area contributed by atoms with Gasteiger partial charge in [-0.05, 0) is 43.7 Å². The number of fused-ring (bicyclic) bond motifs is 1. The molecule has 0 aliphatic rings. The molecule has 3 rings (SSSR count). The number of hydrogen-bond donors (Lipinski definition) is 1. The fraction of sp³-hybridized carbons (Fsp3) is 0.111. The molecule has 1 aromatic heterocycles. The zero-order valence-corrected chi connectivity index (χ0v) is 13.8. The third kappa shape index (κ3) is 2.50. The summed E-state index contributed by atoms with van der Waals surface area (Å²) in [5.41, 5.74) is 4.33. The van der Waals surface area contributed by atoms with Crippen LogP contribution in [0.3, 0.4) is 0 Å². The Morgan fingerprint density at radius 3 is 2.59 bits per heavy atom. The molecule has 0 amide bonds. The van der Waals surface area contributed by atoms with Crippen molar-refractivity contribution < 1.29 is 9.90 Å². The van der Waals surface area contributed by atoms with E-state index in [0.29, 0.717) is 27.7 Å². The summed E-state index contributed by atoms with van der Waals surface area (Å²) in [7, 11) is 0. The quantitative estimate of drug-likeness (QED) is 0.705. The number of benzene rings is 2. The van der Waals surface area contributed by atoms with Crippen LogP contribution in [0.5, 0.6) is 0 Å². The van der Waals surface area contributed by atoms with E-state index in [-0.39, 0.29) is 0 Å². The zero-order valence-electron chi connectivity index (χ0n) is 12.2. The fourth-order valence-corrected chi connectivity index (χ4v) is 3.06. The SMILES string of the molecule is Cc1ccc2nc(-c3cccc(Br)c3)c(C)c(C(=O)O)c2c1. The predicted molar refractivity (Wildman–Crippen MR) is 91.3 cm³/mol. The van der Waals surface area contributed by atoms with Gasteiger partial charge in [0.25, 0.3) is 0 Å². The van der Waals surface area contributed by atoms with Crippen LogP contribution in [0.15, 0.2) is 46.9 Å². The van der Waals surface area contributed by atoms with E-state index in [2.05, 4.69) is 20.9 Å². The van der Waals surface area contributed by atoms with Gasteiger partial charge in [-0.1, -0.05) is 39.7 Å². The summed E-state index contributed by atoms with van der Waals surface area (Å²) < 4.78 is 0.937. The normalized spacial score (nSPS) is 10.9. The van der Waals surface area contributed by atoms with E-state index in [0.717, 1.165) is 15.6 Å². The lowest BCUT2D eigenvalue weighted by atomic mass is 9.97. The van der Waals surface area contributed by atoms with Gasteiger partial charge in [0.05, 0.1) is 16.8 Å². The van der Waals surface area contributed by atoms with Crippen molar-refractivity contribution in [1.82, 2.24) is 4.98 Å². The van der Waals surface area contributed by atoms with Gasteiger partial charge in [-0.3, -0.25) is 0 Å². The average Bonchev–Trinajstić information content (AvgIpc) is 2.46. The molecule has 0 bridgehead atoms. The molecule has 0 saturated heterocycles. The second kappa shape index (κ2) is 5.54. The molecule has 0 fully saturated rings. The average molecular weight is 356 g/mol. The number of pyridine rings is 1. The second-order valence-corrected chi connectivity index (χ2v) is 6.21. The predicted octanol–water partition coefficient (Wildman–Crippen LogP) is 4.98. The number of rotatable bonds is 2. The van der Waals surface area contributed by atoms with Crippen molar-refractivity contribution in [1.29, 1.82) is 0 Å². The molecule has 1 heterocycles. The van der Waals surface area contributed by atoms with Crippen LogP contribution >= 0.6 is 15.9 Å². The number of aryl methyl sites for hydroxylation is 1. The van der Waals surface area contributed by atoms with Crippen molar-refractivity contribution in [3.05, 3.63) is 63.6 Å². The topological polar surface area (TPSA) is 50.2 Å². The van der Waals surface area contributed by atoms with E-state index in [1.807, 2.05) is 56.3 Å². The number of nitrogens with zero attached hydrogens (tertiary/aromatic N) is 1. The van der Waals surface area contributed by atoms with E-state index >= 15 is 0 Å². The molecule has 2 aromatic carbocycles. The van der Waals surface area contributed by atoms with Crippen molar-refractivity contribution >= 4 is 32.8 Å². The van der Waals surface area contributed by atoms with Gasteiger partial charge in [-0.15, -0.1) is 0 Å². The molecular formula is C18H14BrNO2. The summed E-state index contributed by atoms with van der Waals surface area (Å²) in [5.74, 6) is -0.924. The Morgan fingerprint density at radius 2 is 1.91 bits per heavy atom. The summed E-state index contributed by atoms with van der Waals surface area (Å²) in [6, 6.07) is 13.4. The Labute approximate surface area is 136 Å². The summed E-state index contributed by atoms with van der Waals surface area (Å²) in [5, 5.41) is 10.3. The maximum atomic E-state index is 11.8. The third-order valence-electron chi connectivity index (χ3n) is 3.70. The lowest BCUT2D eigenvalue weighted by molar-refractivity contribution is 0.0698. The maximum absolute atomic E-state index is 11.8. The molecule has 0 aliphatic carbocycles. The van der Waals surface area contributed by atoms with Crippen LogP contribution in [-0.2, 0) is 0 Å². The van der Waals surface area contributed by atoms with Gasteiger partial charge < -0.3 is 5.11 Å². The molecule has 0 aliphatic heterocycles. The number of aromatic carboxylic acids is 1. The molecule has 3 nitrogen and oxygen atoms in total. The van der Waals surface area contributed by atoms with Crippen molar-refractivity contribution in [2.75, 3.05) is 0 Å². The van der Waals surface area contributed by atoms with E-state index in [1.165, 1.54) is 0 Å². The summed E-state index contributed by atoms with van der Waals surface area (Å²) >= 11 is 3.45. The first-order valence-electron chi connectivity index (χ1n) is 6.87. The van der Waals surface area contributed by atoms with Crippen LogP contribution in [0.4, 0.5) is 0 Å². The molecule has 0 atom stereocenters. The van der Waals surface area contributed by atoms with Crippen LogP contribution in [-0.4, -0.2) is 16.1 Å². The zero-order chi connectivity index (χ0) is 15.9. The van der Waals surface area contributed by atoms with Crippen LogP contribution in [0, 0.1) is 13.8 Å². The minimum Gasteiger partial charge on any atom is -0.478 e. The Hall–Kier alpha value is -2.20. The Morgan fingerprint density at radius 1 is 1.14 bits per heavy atom. The number of carboxylic acid groups (broad SMARTS) is 1. The number of hydrogen-bond acceptors (Lipinski definition) is 2.